The van der Waals surface area contributed by atoms with Crippen LogP contribution in [0.5, 0.6) is 0 Å². The number of halogens is 7. The lowest BCUT2D eigenvalue weighted by Gasteiger charge is -2.09. The highest BCUT2D eigenvalue weighted by molar-refractivity contribution is 6.66. The second-order valence-electron chi connectivity index (χ2n) is 11.7. The quantitative estimate of drug-likeness (QED) is 0.0743. The number of carbonyl (C=O) groups is 2. The number of benzene rings is 4. The van der Waals surface area contributed by atoms with Gasteiger partial charge in [-0.25, -0.2) is 0 Å². The molecule has 0 spiro atoms. The Morgan fingerprint density at radius 1 is 0.649 bits per heavy atom. The SMILES string of the molecule is C=CC(=O)Cl.C=CC(=O)NCc1nnc(-c2ccccc2Cc2ccc(C(F)(F)F)cc2)o1.NCc1nnc(-c2ccccc2Cc2ccc(C(F)(F)F)cc2)o1. The molecule has 10 nitrogen and oxygen atoms in total. The predicted molar refractivity (Wildman–Crippen MR) is 199 cm³/mol. The summed E-state index contributed by atoms with van der Waals surface area (Å²) < 4.78 is 87.1. The fourth-order valence-electron chi connectivity index (χ4n) is 4.94. The highest BCUT2D eigenvalue weighted by atomic mass is 35.5. The van der Waals surface area contributed by atoms with Crippen LogP contribution >= 0.6 is 11.6 Å². The molecule has 17 heteroatoms. The Balaban J connectivity index is 0.000000228. The molecular weight excluding hydrogens is 778 g/mol. The lowest BCUT2D eigenvalue weighted by atomic mass is 9.99. The summed E-state index contributed by atoms with van der Waals surface area (Å²) in [7, 11) is 0. The highest BCUT2D eigenvalue weighted by Gasteiger charge is 2.31. The van der Waals surface area contributed by atoms with E-state index in [1.807, 2.05) is 36.4 Å². The third-order valence-corrected chi connectivity index (χ3v) is 7.87. The maximum atomic E-state index is 12.7. The summed E-state index contributed by atoms with van der Waals surface area (Å²) in [5.41, 5.74) is 8.72. The van der Waals surface area contributed by atoms with Crippen LogP contribution in [0.1, 0.15) is 45.2 Å². The van der Waals surface area contributed by atoms with Crippen LogP contribution in [0.3, 0.4) is 0 Å². The molecule has 2 aromatic heterocycles. The number of rotatable bonds is 11. The number of allylic oxidation sites excluding steroid dienone is 1. The van der Waals surface area contributed by atoms with Gasteiger partial charge in [0.2, 0.25) is 34.7 Å². The van der Waals surface area contributed by atoms with Crippen molar-refractivity contribution in [2.24, 2.45) is 5.73 Å². The van der Waals surface area contributed by atoms with Crippen LogP contribution < -0.4 is 11.1 Å². The van der Waals surface area contributed by atoms with Gasteiger partial charge in [0.1, 0.15) is 0 Å². The zero-order valence-corrected chi connectivity index (χ0v) is 30.5. The number of carbonyl (C=O) groups excluding carboxylic acids is 2. The molecule has 57 heavy (non-hydrogen) atoms. The van der Waals surface area contributed by atoms with Crippen molar-refractivity contribution in [3.05, 3.63) is 168 Å². The Morgan fingerprint density at radius 3 is 1.42 bits per heavy atom. The molecule has 0 aliphatic carbocycles. The maximum Gasteiger partial charge on any atom is 0.416 e. The molecule has 296 valence electrons. The fourth-order valence-corrected chi connectivity index (χ4v) is 4.94. The number of nitrogens with zero attached hydrogens (tertiary/aromatic N) is 4. The van der Waals surface area contributed by atoms with Gasteiger partial charge in [-0.05, 0) is 95.2 Å². The third-order valence-electron chi connectivity index (χ3n) is 7.72. The highest BCUT2D eigenvalue weighted by Crippen LogP contribution is 2.32. The van der Waals surface area contributed by atoms with E-state index in [0.29, 0.717) is 30.2 Å². The van der Waals surface area contributed by atoms with Gasteiger partial charge < -0.3 is 19.9 Å². The first-order valence-corrected chi connectivity index (χ1v) is 17.0. The average Bonchev–Trinajstić information content (AvgIpc) is 3.88. The molecule has 0 atom stereocenters. The standard InChI is InChI=1S/C20H16F3N3O2.C17H14F3N3O.C3H3ClO/c1-2-17(27)24-12-18-25-26-19(28-18)16-6-4-3-5-14(16)11-13-7-9-15(10-8-13)20(21,22)23;18-17(19,20)13-7-5-11(6-8-13)9-12-3-1-2-4-14(12)16-23-22-15(10-21)24-16;1-2-3(4)5/h2-10H,1,11-12H2,(H,24,27);1-8H,9-10,21H2;2H,1H2. The van der Waals surface area contributed by atoms with Gasteiger partial charge in [0, 0.05) is 11.1 Å². The molecule has 0 fully saturated rings. The van der Waals surface area contributed by atoms with Crippen LogP contribution in [-0.2, 0) is 47.9 Å². The molecule has 0 unspecified atom stereocenters. The van der Waals surface area contributed by atoms with Gasteiger partial charge in [-0.3, -0.25) is 9.59 Å². The first-order chi connectivity index (χ1) is 27.1. The van der Waals surface area contributed by atoms with Gasteiger partial charge in [-0.15, -0.1) is 20.4 Å². The fraction of sp³-hybridized carbons (Fsp3) is 0.150. The maximum absolute atomic E-state index is 12.7. The van der Waals surface area contributed by atoms with E-state index >= 15 is 0 Å². The molecule has 3 N–H and O–H groups in total. The van der Waals surface area contributed by atoms with Crippen LogP contribution in [0.25, 0.3) is 22.9 Å². The van der Waals surface area contributed by atoms with Gasteiger partial charge >= 0.3 is 12.4 Å². The number of hydrogen-bond acceptors (Lipinski definition) is 9. The van der Waals surface area contributed by atoms with E-state index in [0.717, 1.165) is 64.2 Å². The molecule has 6 rings (SSSR count). The van der Waals surface area contributed by atoms with E-state index in [2.05, 4.69) is 38.9 Å². The van der Waals surface area contributed by atoms with Gasteiger partial charge in [-0.1, -0.05) is 73.8 Å². The van der Waals surface area contributed by atoms with E-state index in [4.69, 9.17) is 26.2 Å². The van der Waals surface area contributed by atoms with Crippen LogP contribution in [0.15, 0.2) is 131 Å². The van der Waals surface area contributed by atoms with Crippen molar-refractivity contribution in [3.63, 3.8) is 0 Å². The van der Waals surface area contributed by atoms with Gasteiger partial charge in [0.25, 0.3) is 0 Å². The van der Waals surface area contributed by atoms with E-state index in [1.54, 1.807) is 12.1 Å². The van der Waals surface area contributed by atoms with E-state index < -0.39 is 28.7 Å². The van der Waals surface area contributed by atoms with Gasteiger partial charge in [-0.2, -0.15) is 26.3 Å². The Kier molecular flexibility index (Phi) is 15.2. The summed E-state index contributed by atoms with van der Waals surface area (Å²) >= 11 is 4.71. The Morgan fingerprint density at radius 2 is 1.05 bits per heavy atom. The second-order valence-corrected chi connectivity index (χ2v) is 12.1. The lowest BCUT2D eigenvalue weighted by molar-refractivity contribution is -0.138. The molecular formula is C40H33ClF6N6O4. The van der Waals surface area contributed by atoms with E-state index in [-0.39, 0.29) is 30.8 Å². The number of nitrogens with two attached hydrogens (primary N) is 1. The first-order valence-electron chi connectivity index (χ1n) is 16.7. The van der Waals surface area contributed by atoms with Crippen molar-refractivity contribution in [1.82, 2.24) is 25.7 Å². The largest absolute Gasteiger partial charge is 0.419 e. The van der Waals surface area contributed by atoms with Crippen molar-refractivity contribution < 1.29 is 44.8 Å². The third kappa shape index (κ3) is 13.1. The normalized spacial score (nSPS) is 11.0. The van der Waals surface area contributed by atoms with Crippen molar-refractivity contribution in [2.75, 3.05) is 0 Å². The summed E-state index contributed by atoms with van der Waals surface area (Å²) in [6.07, 6.45) is -5.66. The minimum absolute atomic E-state index is 0.0684. The van der Waals surface area contributed by atoms with E-state index in [9.17, 15) is 35.9 Å². The zero-order chi connectivity index (χ0) is 41.6. The molecule has 0 radical (unpaired) electrons. The number of alkyl halides is 6. The van der Waals surface area contributed by atoms with Crippen molar-refractivity contribution in [2.45, 2.75) is 38.3 Å². The number of amides is 1. The number of hydrogen-bond donors (Lipinski definition) is 2. The second kappa shape index (κ2) is 20.0. The summed E-state index contributed by atoms with van der Waals surface area (Å²) in [5, 5.41) is 17.7. The topological polar surface area (TPSA) is 150 Å². The van der Waals surface area contributed by atoms with Gasteiger partial charge in [0.15, 0.2) is 0 Å². The first kappa shape index (κ1) is 43.3. The molecule has 0 saturated heterocycles. The molecule has 0 aliphatic heterocycles. The minimum atomic E-state index is -4.36. The minimum Gasteiger partial charge on any atom is -0.419 e. The van der Waals surface area contributed by atoms with Crippen LogP contribution in [0.2, 0.25) is 0 Å². The number of nitrogens with one attached hydrogen (secondary N) is 1. The molecule has 2 heterocycles. The lowest BCUT2D eigenvalue weighted by Crippen LogP contribution is -2.20. The summed E-state index contributed by atoms with van der Waals surface area (Å²) in [5.74, 6) is 0.814. The van der Waals surface area contributed by atoms with Crippen LogP contribution in [0, 0.1) is 0 Å². The van der Waals surface area contributed by atoms with Crippen molar-refractivity contribution in [1.29, 1.82) is 0 Å². The molecule has 4 aromatic carbocycles. The molecule has 0 aliphatic rings. The van der Waals surface area contributed by atoms with E-state index in [1.165, 1.54) is 24.3 Å². The van der Waals surface area contributed by atoms with Crippen molar-refractivity contribution in [3.8, 4) is 22.9 Å². The zero-order valence-electron chi connectivity index (χ0n) is 29.8. The average molecular weight is 811 g/mol. The van der Waals surface area contributed by atoms with Crippen LogP contribution in [0.4, 0.5) is 26.3 Å². The molecule has 6 aromatic rings. The van der Waals surface area contributed by atoms with Gasteiger partial charge in [0.05, 0.1) is 24.2 Å². The molecule has 0 bridgehead atoms. The van der Waals surface area contributed by atoms with Crippen LogP contribution in [-0.4, -0.2) is 31.5 Å². The summed E-state index contributed by atoms with van der Waals surface area (Å²) in [4.78, 5) is 20.7. The monoisotopic (exact) mass is 810 g/mol. The predicted octanol–water partition coefficient (Wildman–Crippen LogP) is 8.89. The smallest absolute Gasteiger partial charge is 0.416 e. The Labute approximate surface area is 327 Å². The summed E-state index contributed by atoms with van der Waals surface area (Å²) in [6, 6.07) is 24.8. The van der Waals surface area contributed by atoms with Crippen molar-refractivity contribution >= 4 is 22.8 Å². The Hall–Kier alpha value is -6.39. The summed E-state index contributed by atoms with van der Waals surface area (Å²) in [6.45, 7) is 6.65. The molecule has 0 saturated carbocycles. The Bertz CT molecular complexity index is 2270. The molecule has 1 amide bonds. The number of aromatic nitrogens is 4.